The van der Waals surface area contributed by atoms with E-state index < -0.39 is 6.04 Å². The van der Waals surface area contributed by atoms with Crippen LogP contribution in [0.25, 0.3) is 6.08 Å². The number of nitrogens with one attached hydrogen (secondary N) is 1. The van der Waals surface area contributed by atoms with Crippen molar-refractivity contribution in [3.63, 3.8) is 0 Å². The van der Waals surface area contributed by atoms with Gasteiger partial charge in [0.1, 0.15) is 6.04 Å². The molecule has 0 bridgehead atoms. The Morgan fingerprint density at radius 1 is 1.18 bits per heavy atom. The second-order valence-electron chi connectivity index (χ2n) is 8.00. The summed E-state index contributed by atoms with van der Waals surface area (Å²) in [6.45, 7) is 4.01. The van der Waals surface area contributed by atoms with Gasteiger partial charge in [-0.2, -0.15) is 0 Å². The van der Waals surface area contributed by atoms with Crippen LogP contribution in [0.15, 0.2) is 48.5 Å². The van der Waals surface area contributed by atoms with Gasteiger partial charge in [0.25, 0.3) is 0 Å². The van der Waals surface area contributed by atoms with Gasteiger partial charge in [-0.3, -0.25) is 9.59 Å². The summed E-state index contributed by atoms with van der Waals surface area (Å²) in [6, 6.07) is 12.6. The Morgan fingerprint density at radius 2 is 1.91 bits per heavy atom. The minimum atomic E-state index is -0.620. The number of likely N-dealkylation sites (tertiary alicyclic amines) is 1. The summed E-state index contributed by atoms with van der Waals surface area (Å²) in [5, 5.41) is 3.30. The zero-order valence-corrected chi connectivity index (χ0v) is 19.9. The minimum absolute atomic E-state index is 0.0414. The molecule has 1 saturated heterocycles. The average Bonchev–Trinajstić information content (AvgIpc) is 3.36. The summed E-state index contributed by atoms with van der Waals surface area (Å²) in [7, 11) is 1.54. The summed E-state index contributed by atoms with van der Waals surface area (Å²) < 4.78 is 11.1. The van der Waals surface area contributed by atoms with Gasteiger partial charge in [-0.1, -0.05) is 48.9 Å². The number of benzene rings is 2. The molecule has 6 nitrogen and oxygen atoms in total. The molecule has 0 spiro atoms. The van der Waals surface area contributed by atoms with Crippen molar-refractivity contribution in [3.8, 4) is 11.5 Å². The molecular weight excluding hydrogens is 440 g/mol. The van der Waals surface area contributed by atoms with Crippen molar-refractivity contribution in [2.75, 3.05) is 26.8 Å². The molecule has 1 unspecified atom stereocenters. The molecule has 1 fully saturated rings. The van der Waals surface area contributed by atoms with E-state index in [1.165, 1.54) is 6.08 Å². The first-order valence-electron chi connectivity index (χ1n) is 11.3. The first-order chi connectivity index (χ1) is 16.0. The molecule has 1 aliphatic heterocycles. The van der Waals surface area contributed by atoms with Gasteiger partial charge in [-0.25, -0.2) is 0 Å². The topological polar surface area (TPSA) is 67.9 Å². The van der Waals surface area contributed by atoms with Crippen LogP contribution in [0.2, 0.25) is 5.02 Å². The number of halogens is 1. The van der Waals surface area contributed by atoms with Gasteiger partial charge in [-0.15, -0.1) is 0 Å². The fourth-order valence-electron chi connectivity index (χ4n) is 3.78. The van der Waals surface area contributed by atoms with Crippen LogP contribution in [0.4, 0.5) is 0 Å². The van der Waals surface area contributed by atoms with E-state index in [2.05, 4.69) is 5.32 Å². The third-order valence-electron chi connectivity index (χ3n) is 5.44. The van der Waals surface area contributed by atoms with Crippen molar-refractivity contribution in [3.05, 3.63) is 64.7 Å². The molecule has 2 aromatic carbocycles. The number of ether oxygens (including phenoxy) is 2. The van der Waals surface area contributed by atoms with Crippen molar-refractivity contribution in [2.24, 2.45) is 0 Å². The number of nitrogens with zero attached hydrogens (tertiary/aromatic N) is 1. The zero-order chi connectivity index (χ0) is 23.6. The maximum absolute atomic E-state index is 13.1. The van der Waals surface area contributed by atoms with Gasteiger partial charge < -0.3 is 19.7 Å². The Kier molecular flexibility index (Phi) is 9.19. The number of amides is 2. The Bertz CT molecular complexity index is 972. The van der Waals surface area contributed by atoms with E-state index in [1.807, 2.05) is 42.2 Å². The number of rotatable bonds is 10. The second kappa shape index (κ2) is 12.3. The molecule has 1 N–H and O–H groups in total. The lowest BCUT2D eigenvalue weighted by molar-refractivity contribution is -0.134. The molecule has 1 atom stereocenters. The van der Waals surface area contributed by atoms with Crippen molar-refractivity contribution < 1.29 is 19.1 Å². The fraction of sp³-hybridized carbons (Fsp3) is 0.385. The van der Waals surface area contributed by atoms with Gasteiger partial charge >= 0.3 is 0 Å². The summed E-state index contributed by atoms with van der Waals surface area (Å²) >= 11 is 6.36. The molecule has 2 amide bonds. The van der Waals surface area contributed by atoms with Crippen molar-refractivity contribution in [2.45, 2.75) is 38.6 Å². The largest absolute Gasteiger partial charge is 0.493 e. The monoisotopic (exact) mass is 470 g/mol. The Labute approximate surface area is 200 Å². The maximum Gasteiger partial charge on any atom is 0.245 e. The van der Waals surface area contributed by atoms with E-state index in [1.54, 1.807) is 25.3 Å². The highest BCUT2D eigenvalue weighted by molar-refractivity contribution is 6.32. The standard InChI is InChI=1S/C26H31ClN2O4/c1-3-15-33-25-21(27)16-20(18-23(25)32-2)11-12-24(30)28-22(17-19-9-5-4-6-10-19)26(31)29-13-7-8-14-29/h4-6,9-12,16,18,22H,3,7-8,13-15,17H2,1-2H3,(H,28,30)/b12-11+. The molecule has 0 radical (unpaired) electrons. The smallest absolute Gasteiger partial charge is 0.245 e. The molecule has 7 heteroatoms. The molecular formula is C26H31ClN2O4. The van der Waals surface area contributed by atoms with E-state index in [9.17, 15) is 9.59 Å². The highest BCUT2D eigenvalue weighted by Crippen LogP contribution is 2.36. The molecule has 1 aliphatic rings. The highest BCUT2D eigenvalue weighted by atomic mass is 35.5. The molecule has 3 rings (SSSR count). The summed E-state index contributed by atoms with van der Waals surface area (Å²) in [5.41, 5.74) is 1.69. The van der Waals surface area contributed by atoms with E-state index in [0.717, 1.165) is 37.9 Å². The van der Waals surface area contributed by atoms with E-state index in [0.29, 0.717) is 35.1 Å². The molecule has 33 heavy (non-hydrogen) atoms. The summed E-state index contributed by atoms with van der Waals surface area (Å²) in [4.78, 5) is 27.6. The number of carbonyl (C=O) groups excluding carboxylic acids is 2. The van der Waals surface area contributed by atoms with Crippen molar-refractivity contribution in [1.82, 2.24) is 10.2 Å². The summed E-state index contributed by atoms with van der Waals surface area (Å²) in [5.74, 6) is 0.606. The predicted molar refractivity (Wildman–Crippen MR) is 131 cm³/mol. The Morgan fingerprint density at radius 3 is 2.58 bits per heavy atom. The lowest BCUT2D eigenvalue weighted by Gasteiger charge is -2.23. The SMILES string of the molecule is CCCOc1c(Cl)cc(/C=C/C(=O)NC(Cc2ccccc2)C(=O)N2CCCC2)cc1OC. The molecule has 176 valence electrons. The molecule has 2 aromatic rings. The van der Waals surface area contributed by atoms with Crippen LogP contribution in [0, 0.1) is 0 Å². The van der Waals surface area contributed by atoms with Gasteiger partial charge in [0.2, 0.25) is 11.8 Å². The first kappa shape index (κ1) is 24.6. The van der Waals surface area contributed by atoms with Crippen LogP contribution in [0.1, 0.15) is 37.3 Å². The normalized spacial score (nSPS) is 14.3. The van der Waals surface area contributed by atoms with Crippen molar-refractivity contribution >= 4 is 29.5 Å². The molecule has 0 saturated carbocycles. The van der Waals surface area contributed by atoms with Crippen LogP contribution < -0.4 is 14.8 Å². The quantitative estimate of drug-likeness (QED) is 0.519. The van der Waals surface area contributed by atoms with Crippen molar-refractivity contribution in [1.29, 1.82) is 0 Å². The maximum atomic E-state index is 13.1. The van der Waals surface area contributed by atoms with Crippen LogP contribution in [-0.2, 0) is 16.0 Å². The lowest BCUT2D eigenvalue weighted by Crippen LogP contribution is -2.48. The van der Waals surface area contributed by atoms with Gasteiger partial charge in [0.15, 0.2) is 11.5 Å². The van der Waals surface area contributed by atoms with Crippen LogP contribution in [0.5, 0.6) is 11.5 Å². The average molecular weight is 471 g/mol. The van der Waals surface area contributed by atoms with E-state index >= 15 is 0 Å². The number of hydrogen-bond donors (Lipinski definition) is 1. The number of methoxy groups -OCH3 is 1. The van der Waals surface area contributed by atoms with E-state index in [-0.39, 0.29) is 11.8 Å². The van der Waals surface area contributed by atoms with Gasteiger partial charge in [0.05, 0.1) is 18.7 Å². The second-order valence-corrected chi connectivity index (χ2v) is 8.41. The zero-order valence-electron chi connectivity index (χ0n) is 19.2. The summed E-state index contributed by atoms with van der Waals surface area (Å²) in [6.07, 6.45) is 6.34. The van der Waals surface area contributed by atoms with Crippen LogP contribution >= 0.6 is 11.6 Å². The first-order valence-corrected chi connectivity index (χ1v) is 11.7. The highest BCUT2D eigenvalue weighted by Gasteiger charge is 2.27. The lowest BCUT2D eigenvalue weighted by atomic mass is 10.0. The predicted octanol–water partition coefficient (Wildman–Crippen LogP) is 4.50. The molecule has 1 heterocycles. The Hall–Kier alpha value is -2.99. The number of carbonyl (C=O) groups is 2. The van der Waals surface area contributed by atoms with Crippen LogP contribution in [-0.4, -0.2) is 49.6 Å². The Balaban J connectivity index is 1.72. The third kappa shape index (κ3) is 6.99. The van der Waals surface area contributed by atoms with Crippen LogP contribution in [0.3, 0.4) is 0 Å². The van der Waals surface area contributed by atoms with Gasteiger partial charge in [0, 0.05) is 25.6 Å². The number of hydrogen-bond acceptors (Lipinski definition) is 4. The molecule has 0 aromatic heterocycles. The van der Waals surface area contributed by atoms with Gasteiger partial charge in [-0.05, 0) is 48.6 Å². The fourth-order valence-corrected chi connectivity index (χ4v) is 4.05. The molecule has 0 aliphatic carbocycles. The van der Waals surface area contributed by atoms with E-state index in [4.69, 9.17) is 21.1 Å². The third-order valence-corrected chi connectivity index (χ3v) is 5.73. The minimum Gasteiger partial charge on any atom is -0.493 e.